The van der Waals surface area contributed by atoms with E-state index in [-0.39, 0.29) is 0 Å². The summed E-state index contributed by atoms with van der Waals surface area (Å²) in [5.74, 6) is 2.23. The second-order valence-corrected chi connectivity index (χ2v) is 4.44. The van der Waals surface area contributed by atoms with Gasteiger partial charge in [-0.25, -0.2) is 4.98 Å². The van der Waals surface area contributed by atoms with E-state index in [0.717, 1.165) is 33.9 Å². The third kappa shape index (κ3) is 1.97. The summed E-state index contributed by atoms with van der Waals surface area (Å²) in [6.45, 7) is 1.94. The average Bonchev–Trinajstić information content (AvgIpc) is 2.92. The summed E-state index contributed by atoms with van der Waals surface area (Å²) in [6.07, 6.45) is 1.77. The van der Waals surface area contributed by atoms with Crippen LogP contribution in [0, 0.1) is 6.92 Å². The number of ether oxygens (including phenoxy) is 2. The van der Waals surface area contributed by atoms with Gasteiger partial charge in [0, 0.05) is 12.3 Å². The summed E-state index contributed by atoms with van der Waals surface area (Å²) in [5.41, 5.74) is 3.63. The fourth-order valence-electron chi connectivity index (χ4n) is 2.19. The smallest absolute Gasteiger partial charge is 0.142 e. The Morgan fingerprint density at radius 1 is 1.10 bits per heavy atom. The number of fused-ring (bicyclic) bond motifs is 1. The van der Waals surface area contributed by atoms with E-state index in [1.807, 2.05) is 31.2 Å². The molecule has 2 heterocycles. The zero-order valence-electron chi connectivity index (χ0n) is 11.6. The minimum absolute atomic E-state index is 0.717. The molecule has 5 heteroatoms. The van der Waals surface area contributed by atoms with Crippen molar-refractivity contribution in [3.63, 3.8) is 0 Å². The van der Waals surface area contributed by atoms with Crippen molar-refractivity contribution >= 4 is 11.0 Å². The van der Waals surface area contributed by atoms with Gasteiger partial charge in [0.15, 0.2) is 0 Å². The molecule has 0 saturated heterocycles. The molecule has 0 aliphatic carbocycles. The van der Waals surface area contributed by atoms with Crippen molar-refractivity contribution in [3.8, 4) is 22.9 Å². The number of rotatable bonds is 3. The first-order chi connectivity index (χ1) is 9.72. The van der Waals surface area contributed by atoms with Gasteiger partial charge in [-0.05, 0) is 25.1 Å². The summed E-state index contributed by atoms with van der Waals surface area (Å²) in [4.78, 5) is 12.2. The molecule has 0 aliphatic heterocycles. The molecule has 20 heavy (non-hydrogen) atoms. The maximum Gasteiger partial charge on any atom is 0.142 e. The highest BCUT2D eigenvalue weighted by atomic mass is 16.5. The molecule has 5 nitrogen and oxygen atoms in total. The van der Waals surface area contributed by atoms with Crippen LogP contribution in [0.3, 0.4) is 0 Å². The molecule has 0 spiro atoms. The SMILES string of the molecule is COc1ccc(-c2nc3c(C)nccc3[nH]2)c(OC)c1. The lowest BCUT2D eigenvalue weighted by atomic mass is 10.2. The van der Waals surface area contributed by atoms with E-state index in [1.54, 1.807) is 20.4 Å². The minimum atomic E-state index is 0.717. The Morgan fingerprint density at radius 2 is 1.95 bits per heavy atom. The number of nitrogens with one attached hydrogen (secondary N) is 1. The van der Waals surface area contributed by atoms with Gasteiger partial charge in [0.25, 0.3) is 0 Å². The summed E-state index contributed by atoms with van der Waals surface area (Å²) in [5, 5.41) is 0. The van der Waals surface area contributed by atoms with Crippen molar-refractivity contribution in [2.75, 3.05) is 14.2 Å². The molecular weight excluding hydrogens is 254 g/mol. The van der Waals surface area contributed by atoms with Gasteiger partial charge < -0.3 is 14.5 Å². The van der Waals surface area contributed by atoms with Gasteiger partial charge in [0.1, 0.15) is 22.8 Å². The molecule has 102 valence electrons. The van der Waals surface area contributed by atoms with Crippen LogP contribution in [0.5, 0.6) is 11.5 Å². The molecule has 2 aromatic heterocycles. The van der Waals surface area contributed by atoms with Crippen molar-refractivity contribution in [3.05, 3.63) is 36.2 Å². The topological polar surface area (TPSA) is 60.0 Å². The summed E-state index contributed by atoms with van der Waals surface area (Å²) in [7, 11) is 3.26. The van der Waals surface area contributed by atoms with Crippen molar-refractivity contribution < 1.29 is 9.47 Å². The highest BCUT2D eigenvalue weighted by Gasteiger charge is 2.12. The first kappa shape index (κ1) is 12.5. The highest BCUT2D eigenvalue weighted by Crippen LogP contribution is 2.32. The minimum Gasteiger partial charge on any atom is -0.497 e. The molecular formula is C15H15N3O2. The molecule has 1 N–H and O–H groups in total. The van der Waals surface area contributed by atoms with Gasteiger partial charge in [-0.1, -0.05) is 0 Å². The lowest BCUT2D eigenvalue weighted by Crippen LogP contribution is -1.91. The zero-order valence-corrected chi connectivity index (χ0v) is 11.6. The van der Waals surface area contributed by atoms with Gasteiger partial charge in [-0.3, -0.25) is 4.98 Å². The van der Waals surface area contributed by atoms with E-state index in [1.165, 1.54) is 0 Å². The summed E-state index contributed by atoms with van der Waals surface area (Å²) < 4.78 is 10.6. The van der Waals surface area contributed by atoms with E-state index in [2.05, 4.69) is 15.0 Å². The molecule has 0 atom stereocenters. The maximum atomic E-state index is 5.41. The number of aryl methyl sites for hydroxylation is 1. The van der Waals surface area contributed by atoms with Gasteiger partial charge in [-0.15, -0.1) is 0 Å². The standard InChI is InChI=1S/C15H15N3O2/c1-9-14-12(6-7-16-9)17-15(18-14)11-5-4-10(19-2)8-13(11)20-3/h4-8H,1-3H3,(H,17,18). The van der Waals surface area contributed by atoms with Gasteiger partial charge in [0.05, 0.1) is 31.0 Å². The molecule has 0 amide bonds. The third-order valence-corrected chi connectivity index (χ3v) is 3.25. The average molecular weight is 269 g/mol. The van der Waals surface area contributed by atoms with Crippen LogP contribution in [0.2, 0.25) is 0 Å². The van der Waals surface area contributed by atoms with Crippen molar-refractivity contribution in [1.82, 2.24) is 15.0 Å². The first-order valence-corrected chi connectivity index (χ1v) is 6.26. The van der Waals surface area contributed by atoms with E-state index in [9.17, 15) is 0 Å². The van der Waals surface area contributed by atoms with Crippen LogP contribution in [-0.4, -0.2) is 29.2 Å². The lowest BCUT2D eigenvalue weighted by Gasteiger charge is -2.08. The van der Waals surface area contributed by atoms with E-state index < -0.39 is 0 Å². The van der Waals surface area contributed by atoms with Gasteiger partial charge >= 0.3 is 0 Å². The highest BCUT2D eigenvalue weighted by molar-refractivity contribution is 5.82. The monoisotopic (exact) mass is 269 g/mol. The molecule has 0 aliphatic rings. The van der Waals surface area contributed by atoms with Crippen LogP contribution in [0.15, 0.2) is 30.5 Å². The molecule has 0 bridgehead atoms. The van der Waals surface area contributed by atoms with Crippen molar-refractivity contribution in [2.45, 2.75) is 6.92 Å². The predicted molar refractivity (Wildman–Crippen MR) is 77.2 cm³/mol. The number of hydrogen-bond donors (Lipinski definition) is 1. The fraction of sp³-hybridized carbons (Fsp3) is 0.200. The van der Waals surface area contributed by atoms with Crippen LogP contribution in [0.1, 0.15) is 5.69 Å². The van der Waals surface area contributed by atoms with E-state index >= 15 is 0 Å². The Hall–Kier alpha value is -2.56. The Kier molecular flexibility index (Phi) is 3.02. The number of imidazole rings is 1. The molecule has 0 saturated carbocycles. The number of hydrogen-bond acceptors (Lipinski definition) is 4. The number of pyridine rings is 1. The van der Waals surface area contributed by atoms with E-state index in [0.29, 0.717) is 5.75 Å². The predicted octanol–water partition coefficient (Wildman–Crippen LogP) is 2.95. The third-order valence-electron chi connectivity index (χ3n) is 3.25. The number of benzene rings is 1. The maximum absolute atomic E-state index is 5.41. The molecule has 0 radical (unpaired) electrons. The molecule has 0 fully saturated rings. The summed E-state index contributed by atoms with van der Waals surface area (Å²) >= 11 is 0. The number of H-pyrrole nitrogens is 1. The largest absolute Gasteiger partial charge is 0.497 e. The Morgan fingerprint density at radius 3 is 2.65 bits per heavy atom. The molecule has 0 unspecified atom stereocenters. The Bertz CT molecular complexity index is 765. The Labute approximate surface area is 116 Å². The molecule has 1 aromatic carbocycles. The second kappa shape index (κ2) is 4.85. The van der Waals surface area contributed by atoms with Crippen LogP contribution in [0.25, 0.3) is 22.4 Å². The van der Waals surface area contributed by atoms with Gasteiger partial charge in [-0.2, -0.15) is 0 Å². The van der Waals surface area contributed by atoms with E-state index in [4.69, 9.17) is 9.47 Å². The number of aromatic amines is 1. The van der Waals surface area contributed by atoms with Crippen LogP contribution < -0.4 is 9.47 Å². The van der Waals surface area contributed by atoms with Crippen LogP contribution >= 0.6 is 0 Å². The van der Waals surface area contributed by atoms with Crippen LogP contribution in [-0.2, 0) is 0 Å². The fourth-order valence-corrected chi connectivity index (χ4v) is 2.19. The normalized spacial score (nSPS) is 10.8. The summed E-state index contributed by atoms with van der Waals surface area (Å²) in [6, 6.07) is 7.57. The molecule has 3 rings (SSSR count). The second-order valence-electron chi connectivity index (χ2n) is 4.44. The van der Waals surface area contributed by atoms with Gasteiger partial charge in [0.2, 0.25) is 0 Å². The zero-order chi connectivity index (χ0) is 14.1. The Balaban J connectivity index is 2.17. The van der Waals surface area contributed by atoms with Crippen LogP contribution in [0.4, 0.5) is 0 Å². The number of methoxy groups -OCH3 is 2. The number of aromatic nitrogens is 3. The molecule has 3 aromatic rings. The van der Waals surface area contributed by atoms with Crippen molar-refractivity contribution in [2.24, 2.45) is 0 Å². The first-order valence-electron chi connectivity index (χ1n) is 6.26. The quantitative estimate of drug-likeness (QED) is 0.794. The van der Waals surface area contributed by atoms with Crippen molar-refractivity contribution in [1.29, 1.82) is 0 Å². The lowest BCUT2D eigenvalue weighted by molar-refractivity contribution is 0.395. The number of nitrogens with zero attached hydrogens (tertiary/aromatic N) is 2.